The first-order valence-electron chi connectivity index (χ1n) is 5.92. The lowest BCUT2D eigenvalue weighted by molar-refractivity contribution is 1.37. The Morgan fingerprint density at radius 2 is 1.56 bits per heavy atom. The third-order valence-electron chi connectivity index (χ3n) is 2.55. The summed E-state index contributed by atoms with van der Waals surface area (Å²) in [6.45, 7) is 2.11. The van der Waals surface area contributed by atoms with Crippen LogP contribution in [0.4, 0.5) is 5.69 Å². The van der Waals surface area contributed by atoms with Crippen LogP contribution in [0.15, 0.2) is 58.3 Å². The van der Waals surface area contributed by atoms with Crippen LogP contribution in [0.5, 0.6) is 0 Å². The minimum atomic E-state index is 0.878. The summed E-state index contributed by atoms with van der Waals surface area (Å²) < 4.78 is 0. The molecule has 0 aliphatic heterocycles. The highest BCUT2D eigenvalue weighted by Gasteiger charge is 1.99. The molecule has 0 unspecified atom stereocenters. The van der Waals surface area contributed by atoms with Crippen LogP contribution in [0.3, 0.4) is 0 Å². The maximum absolute atomic E-state index is 5.90. The van der Waals surface area contributed by atoms with Crippen molar-refractivity contribution in [3.8, 4) is 0 Å². The molecule has 1 nitrogen and oxygen atoms in total. The van der Waals surface area contributed by atoms with Gasteiger partial charge in [0.2, 0.25) is 0 Å². The first kappa shape index (κ1) is 13.4. The van der Waals surface area contributed by atoms with Gasteiger partial charge in [-0.1, -0.05) is 29.8 Å². The zero-order valence-corrected chi connectivity index (χ0v) is 12.1. The van der Waals surface area contributed by atoms with Crippen LogP contribution in [0.2, 0.25) is 0 Å². The topological polar surface area (TPSA) is 26.0 Å². The Balaban J connectivity index is 1.76. The van der Waals surface area contributed by atoms with Gasteiger partial charge in [-0.15, -0.1) is 23.5 Å². The van der Waals surface area contributed by atoms with E-state index < -0.39 is 0 Å². The fourth-order valence-corrected chi connectivity index (χ4v) is 3.42. The van der Waals surface area contributed by atoms with E-state index in [4.69, 9.17) is 5.73 Å². The number of nitrogen functional groups attached to an aromatic ring is 1. The van der Waals surface area contributed by atoms with Crippen LogP contribution >= 0.6 is 23.5 Å². The molecule has 0 atom stereocenters. The van der Waals surface area contributed by atoms with Gasteiger partial charge in [0.15, 0.2) is 0 Å². The highest BCUT2D eigenvalue weighted by molar-refractivity contribution is 8.03. The maximum atomic E-state index is 5.90. The monoisotopic (exact) mass is 275 g/mol. The van der Waals surface area contributed by atoms with Gasteiger partial charge in [-0.2, -0.15) is 0 Å². The molecular formula is C15H17NS2. The number of rotatable bonds is 5. The third kappa shape index (κ3) is 4.00. The second-order valence-corrected chi connectivity index (χ2v) is 6.35. The Labute approximate surface area is 117 Å². The van der Waals surface area contributed by atoms with Crippen LogP contribution < -0.4 is 5.73 Å². The van der Waals surface area contributed by atoms with Gasteiger partial charge in [0, 0.05) is 27.0 Å². The van der Waals surface area contributed by atoms with Gasteiger partial charge < -0.3 is 5.73 Å². The molecule has 0 spiro atoms. The molecule has 0 fully saturated rings. The van der Waals surface area contributed by atoms with Gasteiger partial charge in [-0.05, 0) is 31.2 Å². The quantitative estimate of drug-likeness (QED) is 0.495. The summed E-state index contributed by atoms with van der Waals surface area (Å²) in [6, 6.07) is 16.7. The molecule has 2 aromatic carbocycles. The number of para-hydroxylation sites is 1. The predicted octanol–water partition coefficient (Wildman–Crippen LogP) is 4.46. The summed E-state index contributed by atoms with van der Waals surface area (Å²) in [7, 11) is 0. The van der Waals surface area contributed by atoms with Crippen molar-refractivity contribution in [2.75, 3.05) is 17.2 Å². The zero-order chi connectivity index (χ0) is 12.8. The van der Waals surface area contributed by atoms with E-state index in [-0.39, 0.29) is 0 Å². The van der Waals surface area contributed by atoms with Crippen molar-refractivity contribution >= 4 is 29.2 Å². The Hall–Kier alpha value is -1.06. The molecule has 2 rings (SSSR count). The average Bonchev–Trinajstić information content (AvgIpc) is 2.39. The number of nitrogens with two attached hydrogens (primary N) is 1. The molecule has 0 bridgehead atoms. The largest absolute Gasteiger partial charge is 0.398 e. The van der Waals surface area contributed by atoms with Crippen molar-refractivity contribution in [3.05, 3.63) is 54.1 Å². The van der Waals surface area contributed by atoms with Crippen LogP contribution in [-0.4, -0.2) is 11.5 Å². The molecule has 0 saturated heterocycles. The Morgan fingerprint density at radius 3 is 2.28 bits per heavy atom. The Kier molecular flexibility index (Phi) is 5.02. The van der Waals surface area contributed by atoms with E-state index in [1.54, 1.807) is 0 Å². The van der Waals surface area contributed by atoms with E-state index >= 15 is 0 Å². The second-order valence-electron chi connectivity index (χ2n) is 4.05. The summed E-state index contributed by atoms with van der Waals surface area (Å²) in [5, 5.41) is 0. The molecule has 0 amide bonds. The molecular weight excluding hydrogens is 258 g/mol. The number of thioether (sulfide) groups is 2. The van der Waals surface area contributed by atoms with Crippen molar-refractivity contribution in [3.63, 3.8) is 0 Å². The van der Waals surface area contributed by atoms with Crippen molar-refractivity contribution in [1.29, 1.82) is 0 Å². The second kappa shape index (κ2) is 6.76. The van der Waals surface area contributed by atoms with Crippen molar-refractivity contribution in [2.24, 2.45) is 0 Å². The van der Waals surface area contributed by atoms with E-state index in [2.05, 4.69) is 37.3 Å². The lowest BCUT2D eigenvalue weighted by atomic mass is 10.2. The van der Waals surface area contributed by atoms with Crippen LogP contribution in [0.1, 0.15) is 5.56 Å². The number of hydrogen-bond donors (Lipinski definition) is 1. The molecule has 2 aromatic rings. The zero-order valence-electron chi connectivity index (χ0n) is 10.4. The number of aryl methyl sites for hydroxylation is 1. The highest BCUT2D eigenvalue weighted by Crippen LogP contribution is 2.26. The summed E-state index contributed by atoms with van der Waals surface area (Å²) >= 11 is 3.72. The summed E-state index contributed by atoms with van der Waals surface area (Å²) in [6.07, 6.45) is 0. The third-order valence-corrected chi connectivity index (χ3v) is 4.91. The predicted molar refractivity (Wildman–Crippen MR) is 83.5 cm³/mol. The molecule has 18 heavy (non-hydrogen) atoms. The fraction of sp³-hybridized carbons (Fsp3) is 0.200. The highest BCUT2D eigenvalue weighted by atomic mass is 32.2. The lowest BCUT2D eigenvalue weighted by Gasteiger charge is -2.05. The van der Waals surface area contributed by atoms with Crippen LogP contribution in [0.25, 0.3) is 0 Å². The Morgan fingerprint density at radius 1 is 0.889 bits per heavy atom. The number of anilines is 1. The SMILES string of the molecule is Cc1ccc(SCCSc2ccccc2N)cc1. The molecule has 0 aliphatic carbocycles. The summed E-state index contributed by atoms with van der Waals surface area (Å²) in [4.78, 5) is 2.52. The first-order chi connectivity index (χ1) is 8.75. The summed E-state index contributed by atoms with van der Waals surface area (Å²) in [5.74, 6) is 2.18. The van der Waals surface area contributed by atoms with Crippen molar-refractivity contribution in [2.45, 2.75) is 16.7 Å². The molecule has 0 heterocycles. The molecule has 0 saturated carbocycles. The Bertz CT molecular complexity index is 494. The number of hydrogen-bond acceptors (Lipinski definition) is 3. The van der Waals surface area contributed by atoms with Gasteiger partial charge in [0.25, 0.3) is 0 Å². The van der Waals surface area contributed by atoms with Crippen LogP contribution in [-0.2, 0) is 0 Å². The van der Waals surface area contributed by atoms with Crippen molar-refractivity contribution < 1.29 is 0 Å². The summed E-state index contributed by atoms with van der Waals surface area (Å²) in [5.41, 5.74) is 8.09. The molecule has 3 heteroatoms. The standard InChI is InChI=1S/C15H17NS2/c1-12-6-8-13(9-7-12)17-10-11-18-15-5-3-2-4-14(15)16/h2-9H,10-11,16H2,1H3. The molecule has 94 valence electrons. The van der Waals surface area contributed by atoms with E-state index in [9.17, 15) is 0 Å². The van der Waals surface area contributed by atoms with E-state index in [0.717, 1.165) is 17.2 Å². The van der Waals surface area contributed by atoms with E-state index in [0.29, 0.717) is 0 Å². The molecule has 0 aliphatic rings. The number of benzene rings is 2. The minimum absolute atomic E-state index is 0.878. The van der Waals surface area contributed by atoms with E-state index in [1.807, 2.05) is 41.7 Å². The van der Waals surface area contributed by atoms with Gasteiger partial charge in [0.1, 0.15) is 0 Å². The lowest BCUT2D eigenvalue weighted by Crippen LogP contribution is -1.90. The average molecular weight is 275 g/mol. The van der Waals surface area contributed by atoms with Crippen molar-refractivity contribution in [1.82, 2.24) is 0 Å². The molecule has 0 radical (unpaired) electrons. The normalized spacial score (nSPS) is 10.5. The van der Waals surface area contributed by atoms with Gasteiger partial charge >= 0.3 is 0 Å². The first-order valence-corrected chi connectivity index (χ1v) is 7.89. The fourth-order valence-electron chi connectivity index (χ4n) is 1.56. The van der Waals surface area contributed by atoms with Crippen LogP contribution in [0, 0.1) is 6.92 Å². The molecule has 2 N–H and O–H groups in total. The van der Waals surface area contributed by atoms with Gasteiger partial charge in [-0.25, -0.2) is 0 Å². The maximum Gasteiger partial charge on any atom is 0.0452 e. The smallest absolute Gasteiger partial charge is 0.0452 e. The van der Waals surface area contributed by atoms with Gasteiger partial charge in [-0.3, -0.25) is 0 Å². The van der Waals surface area contributed by atoms with E-state index in [1.165, 1.54) is 15.4 Å². The van der Waals surface area contributed by atoms with Gasteiger partial charge in [0.05, 0.1) is 0 Å². The minimum Gasteiger partial charge on any atom is -0.398 e. The molecule has 0 aromatic heterocycles.